The van der Waals surface area contributed by atoms with Crippen LogP contribution < -0.4 is 4.90 Å². The molecule has 0 amide bonds. The fourth-order valence-corrected chi connectivity index (χ4v) is 5.68. The van der Waals surface area contributed by atoms with Gasteiger partial charge >= 0.3 is 0 Å². The van der Waals surface area contributed by atoms with E-state index in [0.29, 0.717) is 10.7 Å². The smallest absolute Gasteiger partial charge is 0.213 e. The van der Waals surface area contributed by atoms with Gasteiger partial charge in [0.05, 0.1) is 4.90 Å². The number of anilines is 1. The molecule has 3 aromatic rings. The molecule has 0 unspecified atom stereocenters. The van der Waals surface area contributed by atoms with Crippen LogP contribution in [0.1, 0.15) is 0 Å². The van der Waals surface area contributed by atoms with Crippen LogP contribution in [0.15, 0.2) is 57.4 Å². The van der Waals surface area contributed by atoms with Crippen LogP contribution in [-0.2, 0) is 9.84 Å². The molecular weight excluding hydrogens is 382 g/mol. The molecule has 1 aliphatic heterocycles. The number of sulfone groups is 1. The maximum Gasteiger partial charge on any atom is 0.213 e. The molecule has 0 spiro atoms. The number of aromatic nitrogens is 3. The molecule has 142 valence electrons. The number of rotatable bonds is 4. The molecule has 1 aromatic carbocycles. The molecule has 0 N–H and O–H groups in total. The molecule has 7 nitrogen and oxygen atoms in total. The summed E-state index contributed by atoms with van der Waals surface area (Å²) in [6.07, 6.45) is 3.50. The number of benzene rings is 1. The van der Waals surface area contributed by atoms with Crippen molar-refractivity contribution in [2.45, 2.75) is 14.8 Å². The van der Waals surface area contributed by atoms with E-state index in [9.17, 15) is 8.42 Å². The van der Waals surface area contributed by atoms with Crippen molar-refractivity contribution in [3.8, 4) is 0 Å². The minimum atomic E-state index is -3.71. The summed E-state index contributed by atoms with van der Waals surface area (Å²) in [6.45, 7) is 3.64. The molecule has 0 bridgehead atoms. The lowest BCUT2D eigenvalue weighted by molar-refractivity contribution is 0.311. The van der Waals surface area contributed by atoms with E-state index >= 15 is 0 Å². The van der Waals surface area contributed by atoms with Crippen LogP contribution >= 0.6 is 11.8 Å². The quantitative estimate of drug-likeness (QED) is 0.617. The maximum atomic E-state index is 13.3. The highest BCUT2D eigenvalue weighted by Crippen LogP contribution is 2.33. The number of nitrogens with zero attached hydrogens (tertiary/aromatic N) is 5. The zero-order valence-electron chi connectivity index (χ0n) is 15.2. The first kappa shape index (κ1) is 18.3. The first-order valence-electron chi connectivity index (χ1n) is 8.68. The first-order chi connectivity index (χ1) is 13.0. The van der Waals surface area contributed by atoms with Gasteiger partial charge in [0.15, 0.2) is 10.5 Å². The van der Waals surface area contributed by atoms with E-state index in [-0.39, 0.29) is 9.79 Å². The maximum absolute atomic E-state index is 13.3. The van der Waals surface area contributed by atoms with E-state index in [2.05, 4.69) is 26.9 Å². The molecule has 2 aromatic heterocycles. The van der Waals surface area contributed by atoms with Crippen molar-refractivity contribution < 1.29 is 8.42 Å². The Kier molecular flexibility index (Phi) is 4.83. The van der Waals surface area contributed by atoms with Crippen LogP contribution in [0.3, 0.4) is 0 Å². The zero-order chi connectivity index (χ0) is 19.0. The van der Waals surface area contributed by atoms with Crippen LogP contribution in [0, 0.1) is 0 Å². The van der Waals surface area contributed by atoms with Crippen LogP contribution in [0.25, 0.3) is 5.65 Å². The topological polar surface area (TPSA) is 70.8 Å². The fourth-order valence-electron chi connectivity index (χ4n) is 3.25. The minimum Gasteiger partial charge on any atom is -0.354 e. The normalized spacial score (nSPS) is 16.1. The van der Waals surface area contributed by atoms with Gasteiger partial charge in [0, 0.05) is 32.4 Å². The molecular formula is C18H21N5O2S2. The number of likely N-dealkylation sites (N-methyl/N-ethyl adjacent to an activating group) is 1. The number of thioether (sulfide) groups is 1. The van der Waals surface area contributed by atoms with Crippen LogP contribution in [0.2, 0.25) is 0 Å². The standard InChI is InChI=1S/C18H21N5O2S2/c1-21-10-12-22(13-11-21)15-8-9-19-17-16(18(26-2)20-23(15)17)27(24,25)14-6-4-3-5-7-14/h3-9H,10-13H2,1-2H3. The van der Waals surface area contributed by atoms with Gasteiger partial charge in [0.2, 0.25) is 9.84 Å². The lowest BCUT2D eigenvalue weighted by Crippen LogP contribution is -2.45. The van der Waals surface area contributed by atoms with Crippen molar-refractivity contribution in [2.75, 3.05) is 44.4 Å². The number of hydrogen-bond donors (Lipinski definition) is 0. The van der Waals surface area contributed by atoms with E-state index < -0.39 is 9.84 Å². The molecule has 3 heterocycles. The highest BCUT2D eigenvalue weighted by molar-refractivity contribution is 7.99. The summed E-state index contributed by atoms with van der Waals surface area (Å²) in [5.41, 5.74) is 0.375. The van der Waals surface area contributed by atoms with Crippen LogP contribution in [0.4, 0.5) is 5.82 Å². The van der Waals surface area contributed by atoms with Gasteiger partial charge in [-0.3, -0.25) is 0 Å². The molecule has 4 rings (SSSR count). The van der Waals surface area contributed by atoms with E-state index in [4.69, 9.17) is 0 Å². The third kappa shape index (κ3) is 3.19. The van der Waals surface area contributed by atoms with Gasteiger partial charge in [0.1, 0.15) is 10.8 Å². The van der Waals surface area contributed by atoms with E-state index in [0.717, 1.165) is 32.0 Å². The van der Waals surface area contributed by atoms with Crippen molar-refractivity contribution in [1.29, 1.82) is 0 Å². The second kappa shape index (κ2) is 7.14. The highest BCUT2D eigenvalue weighted by atomic mass is 32.2. The predicted octanol–water partition coefficient (Wildman–Crippen LogP) is 2.04. The minimum absolute atomic E-state index is 0.178. The Morgan fingerprint density at radius 2 is 1.74 bits per heavy atom. The summed E-state index contributed by atoms with van der Waals surface area (Å²) in [6, 6.07) is 10.4. The Labute approximate surface area is 162 Å². The summed E-state index contributed by atoms with van der Waals surface area (Å²) in [5, 5.41) is 5.07. The third-order valence-electron chi connectivity index (χ3n) is 4.77. The molecule has 1 saturated heterocycles. The van der Waals surface area contributed by atoms with Gasteiger partial charge in [0.25, 0.3) is 0 Å². The van der Waals surface area contributed by atoms with Gasteiger partial charge in [-0.25, -0.2) is 13.4 Å². The molecule has 0 saturated carbocycles. The van der Waals surface area contributed by atoms with E-state index in [1.54, 1.807) is 41.0 Å². The number of fused-ring (bicyclic) bond motifs is 1. The molecule has 27 heavy (non-hydrogen) atoms. The number of piperazine rings is 1. The summed E-state index contributed by atoms with van der Waals surface area (Å²) < 4.78 is 28.3. The Morgan fingerprint density at radius 3 is 2.41 bits per heavy atom. The Bertz CT molecular complexity index is 1060. The Balaban J connectivity index is 1.89. The largest absolute Gasteiger partial charge is 0.354 e. The van der Waals surface area contributed by atoms with Gasteiger partial charge in [-0.2, -0.15) is 9.61 Å². The average molecular weight is 404 g/mol. The van der Waals surface area contributed by atoms with E-state index in [1.807, 2.05) is 12.3 Å². The zero-order valence-corrected chi connectivity index (χ0v) is 16.9. The second-order valence-corrected chi connectivity index (χ2v) is 9.17. The molecule has 1 aliphatic rings. The van der Waals surface area contributed by atoms with Crippen molar-refractivity contribution >= 4 is 33.1 Å². The van der Waals surface area contributed by atoms with Crippen molar-refractivity contribution in [3.05, 3.63) is 42.6 Å². The van der Waals surface area contributed by atoms with Gasteiger partial charge in [-0.05, 0) is 31.5 Å². The molecule has 0 atom stereocenters. The molecule has 0 aliphatic carbocycles. The lowest BCUT2D eigenvalue weighted by Gasteiger charge is -2.33. The van der Waals surface area contributed by atoms with Gasteiger partial charge < -0.3 is 9.80 Å². The van der Waals surface area contributed by atoms with Crippen molar-refractivity contribution in [2.24, 2.45) is 0 Å². The third-order valence-corrected chi connectivity index (χ3v) is 7.38. The summed E-state index contributed by atoms with van der Waals surface area (Å²) in [4.78, 5) is 9.31. The Hall–Kier alpha value is -2.10. The first-order valence-corrected chi connectivity index (χ1v) is 11.4. The summed E-state index contributed by atoms with van der Waals surface area (Å²) in [7, 11) is -1.61. The number of hydrogen-bond acceptors (Lipinski definition) is 7. The molecule has 1 fully saturated rings. The second-order valence-electron chi connectivity index (χ2n) is 6.48. The van der Waals surface area contributed by atoms with Crippen LogP contribution in [-0.4, -0.2) is 67.4 Å². The van der Waals surface area contributed by atoms with Gasteiger partial charge in [-0.1, -0.05) is 18.2 Å². The lowest BCUT2D eigenvalue weighted by atomic mass is 10.3. The predicted molar refractivity (Wildman–Crippen MR) is 106 cm³/mol. The average Bonchev–Trinajstić information content (AvgIpc) is 3.09. The van der Waals surface area contributed by atoms with E-state index in [1.165, 1.54) is 11.8 Å². The summed E-state index contributed by atoms with van der Waals surface area (Å²) in [5.74, 6) is 0.873. The Morgan fingerprint density at radius 1 is 1.04 bits per heavy atom. The monoisotopic (exact) mass is 403 g/mol. The van der Waals surface area contributed by atoms with Crippen molar-refractivity contribution in [1.82, 2.24) is 19.5 Å². The molecule has 9 heteroatoms. The highest BCUT2D eigenvalue weighted by Gasteiger charge is 2.30. The fraction of sp³-hybridized carbons (Fsp3) is 0.333. The van der Waals surface area contributed by atoms with Crippen LogP contribution in [0.5, 0.6) is 0 Å². The van der Waals surface area contributed by atoms with Crippen molar-refractivity contribution in [3.63, 3.8) is 0 Å². The van der Waals surface area contributed by atoms with Gasteiger partial charge in [-0.15, -0.1) is 11.8 Å². The molecule has 0 radical (unpaired) electrons. The SMILES string of the molecule is CSc1nn2c(N3CCN(C)CC3)ccnc2c1S(=O)(=O)c1ccccc1. The summed E-state index contributed by atoms with van der Waals surface area (Å²) >= 11 is 1.32.